The number of halogens is 2. The maximum atomic E-state index is 13.6. The lowest BCUT2D eigenvalue weighted by atomic mass is 10.1. The SMILES string of the molecule is CNC(C)CNC(=O)CCc1nc(-c2ccc(C)c(F)c2)no1.Cl. The second-order valence-electron chi connectivity index (χ2n) is 5.47. The lowest BCUT2D eigenvalue weighted by molar-refractivity contribution is -0.121. The molecule has 0 aliphatic carbocycles. The van der Waals surface area contributed by atoms with Gasteiger partial charge in [0.05, 0.1) is 0 Å². The molecule has 132 valence electrons. The number of likely N-dealkylation sites (N-methyl/N-ethyl adjacent to an activating group) is 1. The van der Waals surface area contributed by atoms with Crippen LogP contribution in [-0.2, 0) is 11.2 Å². The number of hydrogen-bond acceptors (Lipinski definition) is 5. The number of aryl methyl sites for hydroxylation is 2. The highest BCUT2D eigenvalue weighted by Crippen LogP contribution is 2.19. The molecule has 6 nitrogen and oxygen atoms in total. The molecule has 0 fully saturated rings. The van der Waals surface area contributed by atoms with Crippen molar-refractivity contribution in [2.45, 2.75) is 32.7 Å². The summed E-state index contributed by atoms with van der Waals surface area (Å²) in [6, 6.07) is 4.98. The Hall–Kier alpha value is -1.99. The van der Waals surface area contributed by atoms with Gasteiger partial charge in [0.2, 0.25) is 17.6 Å². The normalized spacial score (nSPS) is 11.7. The van der Waals surface area contributed by atoms with E-state index in [0.29, 0.717) is 35.8 Å². The van der Waals surface area contributed by atoms with E-state index in [1.807, 2.05) is 14.0 Å². The fourth-order valence-electron chi connectivity index (χ4n) is 1.88. The Labute approximate surface area is 146 Å². The number of benzene rings is 1. The summed E-state index contributed by atoms with van der Waals surface area (Å²) in [7, 11) is 1.84. The third-order valence-corrected chi connectivity index (χ3v) is 3.56. The molecule has 0 saturated carbocycles. The van der Waals surface area contributed by atoms with E-state index in [1.54, 1.807) is 19.1 Å². The maximum Gasteiger partial charge on any atom is 0.227 e. The van der Waals surface area contributed by atoms with Crippen LogP contribution in [0, 0.1) is 12.7 Å². The largest absolute Gasteiger partial charge is 0.355 e. The monoisotopic (exact) mass is 356 g/mol. The van der Waals surface area contributed by atoms with Crippen LogP contribution in [0.25, 0.3) is 11.4 Å². The third-order valence-electron chi connectivity index (χ3n) is 3.56. The molecular formula is C16H22ClFN4O2. The van der Waals surface area contributed by atoms with Crippen LogP contribution in [0.15, 0.2) is 22.7 Å². The van der Waals surface area contributed by atoms with Gasteiger partial charge in [-0.3, -0.25) is 4.79 Å². The Morgan fingerprint density at radius 3 is 2.83 bits per heavy atom. The van der Waals surface area contributed by atoms with Gasteiger partial charge in [-0.2, -0.15) is 4.98 Å². The lowest BCUT2D eigenvalue weighted by Gasteiger charge is -2.10. The van der Waals surface area contributed by atoms with Crippen LogP contribution in [-0.4, -0.2) is 35.7 Å². The molecule has 0 spiro atoms. The second-order valence-corrected chi connectivity index (χ2v) is 5.47. The summed E-state index contributed by atoms with van der Waals surface area (Å²) >= 11 is 0. The molecule has 1 amide bonds. The second kappa shape index (κ2) is 9.34. The minimum absolute atomic E-state index is 0. The van der Waals surface area contributed by atoms with Gasteiger partial charge in [-0.05, 0) is 32.5 Å². The zero-order valence-corrected chi connectivity index (χ0v) is 14.7. The molecular weight excluding hydrogens is 335 g/mol. The van der Waals surface area contributed by atoms with E-state index in [-0.39, 0.29) is 36.6 Å². The van der Waals surface area contributed by atoms with Crippen LogP contribution >= 0.6 is 12.4 Å². The van der Waals surface area contributed by atoms with E-state index in [0.717, 1.165) is 0 Å². The van der Waals surface area contributed by atoms with Crippen molar-refractivity contribution in [1.29, 1.82) is 0 Å². The highest BCUT2D eigenvalue weighted by atomic mass is 35.5. The van der Waals surface area contributed by atoms with Crippen LogP contribution in [0.4, 0.5) is 4.39 Å². The predicted molar refractivity (Wildman–Crippen MR) is 91.5 cm³/mol. The summed E-state index contributed by atoms with van der Waals surface area (Å²) in [6.45, 7) is 4.23. The molecule has 0 saturated heterocycles. The van der Waals surface area contributed by atoms with Crippen LogP contribution in [0.3, 0.4) is 0 Å². The van der Waals surface area contributed by atoms with Crippen molar-refractivity contribution in [2.75, 3.05) is 13.6 Å². The van der Waals surface area contributed by atoms with E-state index in [2.05, 4.69) is 20.8 Å². The summed E-state index contributed by atoms with van der Waals surface area (Å²) < 4.78 is 18.7. The molecule has 8 heteroatoms. The molecule has 0 radical (unpaired) electrons. The first kappa shape index (κ1) is 20.1. The number of aromatic nitrogens is 2. The van der Waals surface area contributed by atoms with E-state index in [4.69, 9.17) is 4.52 Å². The van der Waals surface area contributed by atoms with Crippen molar-refractivity contribution < 1.29 is 13.7 Å². The molecule has 24 heavy (non-hydrogen) atoms. The fourth-order valence-corrected chi connectivity index (χ4v) is 1.88. The van der Waals surface area contributed by atoms with Gasteiger partial charge in [0.1, 0.15) is 5.82 Å². The summed E-state index contributed by atoms with van der Waals surface area (Å²) in [5.41, 5.74) is 1.11. The van der Waals surface area contributed by atoms with Gasteiger partial charge in [0.15, 0.2) is 0 Å². The quantitative estimate of drug-likeness (QED) is 0.795. The van der Waals surface area contributed by atoms with Gasteiger partial charge >= 0.3 is 0 Å². The summed E-state index contributed by atoms with van der Waals surface area (Å²) in [4.78, 5) is 15.9. The average molecular weight is 357 g/mol. The number of hydrogen-bond donors (Lipinski definition) is 2. The minimum atomic E-state index is -0.313. The van der Waals surface area contributed by atoms with Crippen LogP contribution in [0.5, 0.6) is 0 Å². The molecule has 1 unspecified atom stereocenters. The zero-order chi connectivity index (χ0) is 16.8. The minimum Gasteiger partial charge on any atom is -0.355 e. The van der Waals surface area contributed by atoms with Crippen molar-refractivity contribution >= 4 is 18.3 Å². The van der Waals surface area contributed by atoms with Gasteiger partial charge in [-0.15, -0.1) is 12.4 Å². The third kappa shape index (κ3) is 5.58. The number of nitrogens with one attached hydrogen (secondary N) is 2. The highest BCUT2D eigenvalue weighted by Gasteiger charge is 2.12. The number of amides is 1. The van der Waals surface area contributed by atoms with Gasteiger partial charge in [0, 0.05) is 31.0 Å². The molecule has 2 N–H and O–H groups in total. The molecule has 2 aromatic rings. The van der Waals surface area contributed by atoms with Crippen LogP contribution in [0.2, 0.25) is 0 Å². The Kier molecular flexibility index (Phi) is 7.81. The molecule has 0 bridgehead atoms. The molecule has 0 aliphatic heterocycles. The first-order valence-electron chi connectivity index (χ1n) is 7.52. The summed E-state index contributed by atoms with van der Waals surface area (Å²) in [5.74, 6) is 0.293. The predicted octanol–water partition coefficient (Wildman–Crippen LogP) is 2.26. The van der Waals surface area contributed by atoms with Crippen molar-refractivity contribution in [3.8, 4) is 11.4 Å². The Balaban J connectivity index is 0.00000288. The van der Waals surface area contributed by atoms with Crippen LogP contribution < -0.4 is 10.6 Å². The highest BCUT2D eigenvalue weighted by molar-refractivity contribution is 5.85. The van der Waals surface area contributed by atoms with E-state index >= 15 is 0 Å². The lowest BCUT2D eigenvalue weighted by Crippen LogP contribution is -2.37. The smallest absolute Gasteiger partial charge is 0.227 e. The molecule has 1 aromatic heterocycles. The van der Waals surface area contributed by atoms with Crippen molar-refractivity contribution in [1.82, 2.24) is 20.8 Å². The molecule has 2 rings (SSSR count). The Morgan fingerprint density at radius 1 is 1.42 bits per heavy atom. The van der Waals surface area contributed by atoms with Gasteiger partial charge in [0.25, 0.3) is 0 Å². The average Bonchev–Trinajstić information content (AvgIpc) is 3.02. The first-order chi connectivity index (χ1) is 11.0. The van der Waals surface area contributed by atoms with Crippen molar-refractivity contribution in [3.05, 3.63) is 35.5 Å². The number of nitrogens with zero attached hydrogens (tertiary/aromatic N) is 2. The van der Waals surface area contributed by atoms with Crippen LogP contribution in [0.1, 0.15) is 24.8 Å². The van der Waals surface area contributed by atoms with E-state index in [9.17, 15) is 9.18 Å². The van der Waals surface area contributed by atoms with Crippen molar-refractivity contribution in [2.24, 2.45) is 0 Å². The zero-order valence-electron chi connectivity index (χ0n) is 13.9. The molecule has 1 aromatic carbocycles. The van der Waals surface area contributed by atoms with Gasteiger partial charge in [-0.1, -0.05) is 17.3 Å². The summed E-state index contributed by atoms with van der Waals surface area (Å²) in [6.07, 6.45) is 0.613. The number of carbonyl (C=O) groups is 1. The van der Waals surface area contributed by atoms with Gasteiger partial charge < -0.3 is 15.2 Å². The first-order valence-corrected chi connectivity index (χ1v) is 7.52. The Bertz CT molecular complexity index is 678. The fraction of sp³-hybridized carbons (Fsp3) is 0.438. The standard InChI is InChI=1S/C16H21FN4O2.ClH/c1-10-4-5-12(8-13(10)17)16-20-15(23-21-16)7-6-14(22)19-9-11(2)18-3;/h4-5,8,11,18H,6-7,9H2,1-3H3,(H,19,22);1H. The molecule has 1 atom stereocenters. The van der Waals surface area contributed by atoms with E-state index in [1.165, 1.54) is 6.07 Å². The van der Waals surface area contributed by atoms with E-state index < -0.39 is 0 Å². The maximum absolute atomic E-state index is 13.6. The molecule has 1 heterocycles. The topological polar surface area (TPSA) is 80.0 Å². The van der Waals surface area contributed by atoms with Crippen molar-refractivity contribution in [3.63, 3.8) is 0 Å². The number of rotatable bonds is 7. The Morgan fingerprint density at radius 2 is 2.17 bits per heavy atom. The molecule has 0 aliphatic rings. The van der Waals surface area contributed by atoms with Gasteiger partial charge in [-0.25, -0.2) is 4.39 Å². The number of carbonyl (C=O) groups excluding carboxylic acids is 1. The summed E-state index contributed by atoms with van der Waals surface area (Å²) in [5, 5.41) is 9.68.